The molecule has 1 heterocycles. The summed E-state index contributed by atoms with van der Waals surface area (Å²) in [4.78, 5) is 10.8. The van der Waals surface area contributed by atoms with Gasteiger partial charge in [0.2, 0.25) is 0 Å². The summed E-state index contributed by atoms with van der Waals surface area (Å²) in [6.07, 6.45) is 0.889. The van der Waals surface area contributed by atoms with Crippen LogP contribution in [0.2, 0.25) is 0 Å². The topological polar surface area (TPSA) is 112 Å². The minimum Gasteiger partial charge on any atom is -0.478 e. The zero-order valence-electron chi connectivity index (χ0n) is 10.00. The summed E-state index contributed by atoms with van der Waals surface area (Å²) in [5.41, 5.74) is -0.335. The van der Waals surface area contributed by atoms with E-state index in [0.717, 1.165) is 6.20 Å². The molecular weight excluding hydrogens is 289 g/mol. The molecule has 106 valence electrons. The molecule has 0 unspecified atom stereocenters. The molecule has 0 aliphatic heterocycles. The van der Waals surface area contributed by atoms with Gasteiger partial charge >= 0.3 is 5.97 Å². The molecule has 1 aromatic carbocycles. The van der Waals surface area contributed by atoms with Crippen LogP contribution in [0.15, 0.2) is 35.5 Å². The Hall–Kier alpha value is -2.26. The van der Waals surface area contributed by atoms with Crippen LogP contribution in [0.4, 0.5) is 4.39 Å². The lowest BCUT2D eigenvalue weighted by atomic mass is 10.2. The SMILES string of the molecule is O=C(O)c1cn[nH]c1S(=O)(=O)NCc1ccccc1F. The van der Waals surface area contributed by atoms with Crippen molar-refractivity contribution in [2.24, 2.45) is 0 Å². The van der Waals surface area contributed by atoms with Crippen molar-refractivity contribution < 1.29 is 22.7 Å². The number of halogens is 1. The Kier molecular flexibility index (Phi) is 3.81. The molecule has 0 aliphatic rings. The highest BCUT2D eigenvalue weighted by atomic mass is 32.2. The van der Waals surface area contributed by atoms with Crippen LogP contribution in [-0.4, -0.2) is 29.7 Å². The van der Waals surface area contributed by atoms with Gasteiger partial charge in [0.05, 0.1) is 6.20 Å². The maximum atomic E-state index is 13.4. The Morgan fingerprint density at radius 2 is 2.10 bits per heavy atom. The second-order valence-electron chi connectivity index (χ2n) is 3.83. The van der Waals surface area contributed by atoms with Crippen molar-refractivity contribution in [2.75, 3.05) is 0 Å². The third-order valence-corrected chi connectivity index (χ3v) is 3.89. The molecule has 2 rings (SSSR count). The number of carboxylic acid groups (broad SMARTS) is 1. The Morgan fingerprint density at radius 1 is 1.40 bits per heavy atom. The molecule has 0 saturated carbocycles. The lowest BCUT2D eigenvalue weighted by Crippen LogP contribution is -2.25. The van der Waals surface area contributed by atoms with Crippen molar-refractivity contribution >= 4 is 16.0 Å². The first-order valence-electron chi connectivity index (χ1n) is 5.41. The zero-order chi connectivity index (χ0) is 14.8. The number of hydrogen-bond acceptors (Lipinski definition) is 4. The summed E-state index contributed by atoms with van der Waals surface area (Å²) < 4.78 is 39.3. The van der Waals surface area contributed by atoms with Gasteiger partial charge in [-0.3, -0.25) is 5.10 Å². The number of sulfonamides is 1. The minimum absolute atomic E-state index is 0.146. The standard InChI is InChI=1S/C11H10FN3O4S/c12-9-4-2-1-3-7(9)5-14-20(18,19)10-8(11(16)17)6-13-15-10/h1-4,6,14H,5H2,(H,13,15)(H,16,17). The van der Waals surface area contributed by atoms with E-state index in [0.29, 0.717) is 0 Å². The van der Waals surface area contributed by atoms with E-state index in [9.17, 15) is 17.6 Å². The number of nitrogens with one attached hydrogen (secondary N) is 2. The number of carboxylic acids is 1. The Labute approximate surface area is 113 Å². The van der Waals surface area contributed by atoms with E-state index in [1.807, 2.05) is 0 Å². The zero-order valence-corrected chi connectivity index (χ0v) is 10.8. The summed E-state index contributed by atoms with van der Waals surface area (Å²) in [7, 11) is -4.12. The first kappa shape index (κ1) is 14.2. The molecular formula is C11H10FN3O4S. The van der Waals surface area contributed by atoms with Gasteiger partial charge in [0.1, 0.15) is 11.4 Å². The Bertz CT molecular complexity index is 742. The van der Waals surface area contributed by atoms with Gasteiger partial charge in [-0.1, -0.05) is 18.2 Å². The van der Waals surface area contributed by atoms with E-state index >= 15 is 0 Å². The Morgan fingerprint density at radius 3 is 2.75 bits per heavy atom. The summed E-state index contributed by atoms with van der Waals surface area (Å²) in [6, 6.07) is 5.65. The van der Waals surface area contributed by atoms with Crippen molar-refractivity contribution in [3.05, 3.63) is 47.4 Å². The summed E-state index contributed by atoms with van der Waals surface area (Å²) >= 11 is 0. The van der Waals surface area contributed by atoms with Crippen LogP contribution in [0.5, 0.6) is 0 Å². The van der Waals surface area contributed by atoms with Crippen LogP contribution in [-0.2, 0) is 16.6 Å². The molecule has 0 spiro atoms. The van der Waals surface area contributed by atoms with Gasteiger partial charge in [0.15, 0.2) is 5.03 Å². The maximum absolute atomic E-state index is 13.4. The van der Waals surface area contributed by atoms with E-state index < -0.39 is 32.4 Å². The van der Waals surface area contributed by atoms with Gasteiger partial charge in [-0.05, 0) is 6.07 Å². The minimum atomic E-state index is -4.12. The molecule has 0 saturated heterocycles. The molecule has 3 N–H and O–H groups in total. The average molecular weight is 299 g/mol. The lowest BCUT2D eigenvalue weighted by molar-refractivity contribution is 0.0692. The maximum Gasteiger partial charge on any atom is 0.340 e. The first-order chi connectivity index (χ1) is 9.42. The monoisotopic (exact) mass is 299 g/mol. The van der Waals surface area contributed by atoms with Crippen LogP contribution in [0.3, 0.4) is 0 Å². The molecule has 9 heteroatoms. The predicted octanol–water partition coefficient (Wildman–Crippen LogP) is 0.725. The normalized spacial score (nSPS) is 11.4. The number of hydrogen-bond donors (Lipinski definition) is 3. The highest BCUT2D eigenvalue weighted by Crippen LogP contribution is 2.13. The summed E-state index contributed by atoms with van der Waals surface area (Å²) in [5, 5.41) is 13.8. The molecule has 0 atom stereocenters. The average Bonchev–Trinajstić information content (AvgIpc) is 2.88. The van der Waals surface area contributed by atoms with Gasteiger partial charge in [0, 0.05) is 12.1 Å². The number of carbonyl (C=O) groups is 1. The number of aromatic amines is 1. The van der Waals surface area contributed by atoms with Crippen molar-refractivity contribution in [2.45, 2.75) is 11.6 Å². The third-order valence-electron chi connectivity index (χ3n) is 2.51. The molecule has 0 fully saturated rings. The molecule has 0 aliphatic carbocycles. The fourth-order valence-corrected chi connectivity index (χ4v) is 2.61. The highest BCUT2D eigenvalue weighted by molar-refractivity contribution is 7.89. The number of benzene rings is 1. The molecule has 1 aromatic heterocycles. The second kappa shape index (κ2) is 5.39. The fraction of sp³-hybridized carbons (Fsp3) is 0.0909. The summed E-state index contributed by atoms with van der Waals surface area (Å²) in [5.74, 6) is -1.98. The van der Waals surface area contributed by atoms with Crippen molar-refractivity contribution in [1.82, 2.24) is 14.9 Å². The van der Waals surface area contributed by atoms with Crippen molar-refractivity contribution in [1.29, 1.82) is 0 Å². The smallest absolute Gasteiger partial charge is 0.340 e. The number of rotatable bonds is 5. The van der Waals surface area contributed by atoms with Crippen molar-refractivity contribution in [3.63, 3.8) is 0 Å². The molecule has 20 heavy (non-hydrogen) atoms. The van der Waals surface area contributed by atoms with Crippen LogP contribution < -0.4 is 4.72 Å². The molecule has 0 bridgehead atoms. The predicted molar refractivity (Wildman–Crippen MR) is 66.0 cm³/mol. The number of aromatic carboxylic acids is 1. The third kappa shape index (κ3) is 2.83. The van der Waals surface area contributed by atoms with Gasteiger partial charge < -0.3 is 5.11 Å². The lowest BCUT2D eigenvalue weighted by Gasteiger charge is -2.06. The first-order valence-corrected chi connectivity index (χ1v) is 6.90. The van der Waals surface area contributed by atoms with E-state index in [1.165, 1.54) is 18.2 Å². The number of aromatic nitrogens is 2. The van der Waals surface area contributed by atoms with E-state index in [2.05, 4.69) is 14.9 Å². The largest absolute Gasteiger partial charge is 0.478 e. The highest BCUT2D eigenvalue weighted by Gasteiger charge is 2.24. The van der Waals surface area contributed by atoms with Crippen molar-refractivity contribution in [3.8, 4) is 0 Å². The van der Waals surface area contributed by atoms with E-state index in [1.54, 1.807) is 6.07 Å². The fourth-order valence-electron chi connectivity index (χ4n) is 1.52. The summed E-state index contributed by atoms with van der Waals surface area (Å²) in [6.45, 7) is -0.299. The van der Waals surface area contributed by atoms with Crippen LogP contribution >= 0.6 is 0 Å². The van der Waals surface area contributed by atoms with Crippen LogP contribution in [0.1, 0.15) is 15.9 Å². The Balaban J connectivity index is 2.22. The molecule has 2 aromatic rings. The number of H-pyrrole nitrogens is 1. The van der Waals surface area contributed by atoms with Gasteiger partial charge in [-0.15, -0.1) is 0 Å². The molecule has 0 radical (unpaired) electrons. The van der Waals surface area contributed by atoms with Crippen LogP contribution in [0, 0.1) is 5.82 Å². The van der Waals surface area contributed by atoms with Gasteiger partial charge in [0.25, 0.3) is 10.0 Å². The van der Waals surface area contributed by atoms with E-state index in [4.69, 9.17) is 5.11 Å². The van der Waals surface area contributed by atoms with E-state index in [-0.39, 0.29) is 12.1 Å². The second-order valence-corrected chi connectivity index (χ2v) is 5.54. The number of nitrogens with zero attached hydrogens (tertiary/aromatic N) is 1. The molecule has 7 nitrogen and oxygen atoms in total. The molecule has 0 amide bonds. The van der Waals surface area contributed by atoms with Crippen LogP contribution in [0.25, 0.3) is 0 Å². The van der Waals surface area contributed by atoms with Gasteiger partial charge in [-0.25, -0.2) is 22.3 Å². The quantitative estimate of drug-likeness (QED) is 0.753. The van der Waals surface area contributed by atoms with Gasteiger partial charge in [-0.2, -0.15) is 5.10 Å².